The molecule has 0 aliphatic carbocycles. The standard InChI is InChI=1S/C12H16N6/c1-18-9-8-15-12(18)17-16-11-5-3-2-4-10(11)14-7-6-13/h2-5,8-9,14H,6-7,13H2,1H3. The number of hydrogen-bond acceptors (Lipinski definition) is 5. The number of rotatable bonds is 5. The van der Waals surface area contributed by atoms with Crippen LogP contribution in [0.5, 0.6) is 0 Å². The topological polar surface area (TPSA) is 80.6 Å². The number of aromatic nitrogens is 2. The Bertz CT molecular complexity index is 531. The van der Waals surface area contributed by atoms with Crippen LogP contribution in [0.4, 0.5) is 17.3 Å². The fourth-order valence-corrected chi connectivity index (χ4v) is 1.47. The third-order valence-corrected chi connectivity index (χ3v) is 2.41. The number of nitrogens with two attached hydrogens (primary N) is 1. The van der Waals surface area contributed by atoms with Crippen LogP contribution in [0.3, 0.4) is 0 Å². The summed E-state index contributed by atoms with van der Waals surface area (Å²) < 4.78 is 1.80. The zero-order chi connectivity index (χ0) is 12.8. The molecule has 0 aliphatic rings. The molecule has 0 atom stereocenters. The van der Waals surface area contributed by atoms with E-state index in [1.54, 1.807) is 10.8 Å². The maximum atomic E-state index is 5.47. The number of nitrogens with one attached hydrogen (secondary N) is 1. The van der Waals surface area contributed by atoms with Gasteiger partial charge in [-0.1, -0.05) is 12.1 Å². The number of benzene rings is 1. The molecule has 1 aromatic carbocycles. The predicted octanol–water partition coefficient (Wildman–Crippen LogP) is 2.21. The molecule has 2 rings (SSSR count). The van der Waals surface area contributed by atoms with Crippen LogP contribution in [-0.4, -0.2) is 22.6 Å². The predicted molar refractivity (Wildman–Crippen MR) is 71.4 cm³/mol. The van der Waals surface area contributed by atoms with Gasteiger partial charge in [0.15, 0.2) is 0 Å². The molecule has 0 saturated heterocycles. The maximum Gasteiger partial charge on any atom is 0.249 e. The second-order valence-electron chi connectivity index (χ2n) is 3.77. The van der Waals surface area contributed by atoms with Crippen molar-refractivity contribution in [2.24, 2.45) is 23.0 Å². The van der Waals surface area contributed by atoms with E-state index >= 15 is 0 Å². The van der Waals surface area contributed by atoms with Crippen LogP contribution < -0.4 is 11.1 Å². The normalized spacial score (nSPS) is 11.0. The Balaban J connectivity index is 2.18. The van der Waals surface area contributed by atoms with Gasteiger partial charge < -0.3 is 15.6 Å². The van der Waals surface area contributed by atoms with Crippen LogP contribution in [0.25, 0.3) is 0 Å². The molecule has 0 amide bonds. The monoisotopic (exact) mass is 244 g/mol. The number of anilines is 1. The van der Waals surface area contributed by atoms with Crippen molar-refractivity contribution in [1.29, 1.82) is 0 Å². The second-order valence-corrected chi connectivity index (χ2v) is 3.77. The largest absolute Gasteiger partial charge is 0.382 e. The van der Waals surface area contributed by atoms with E-state index in [0.717, 1.165) is 11.4 Å². The lowest BCUT2D eigenvalue weighted by Crippen LogP contribution is -2.12. The number of para-hydroxylation sites is 1. The Morgan fingerprint density at radius 1 is 1.33 bits per heavy atom. The molecule has 0 radical (unpaired) electrons. The van der Waals surface area contributed by atoms with Crippen molar-refractivity contribution in [3.63, 3.8) is 0 Å². The molecule has 1 heterocycles. The molecular weight excluding hydrogens is 228 g/mol. The van der Waals surface area contributed by atoms with Crippen LogP contribution in [-0.2, 0) is 7.05 Å². The highest BCUT2D eigenvalue weighted by Crippen LogP contribution is 2.25. The summed E-state index contributed by atoms with van der Waals surface area (Å²) in [7, 11) is 1.87. The first-order chi connectivity index (χ1) is 8.81. The summed E-state index contributed by atoms with van der Waals surface area (Å²) in [5.74, 6) is 0.573. The van der Waals surface area contributed by atoms with Gasteiger partial charge in [-0.25, -0.2) is 4.98 Å². The minimum Gasteiger partial charge on any atom is -0.382 e. The van der Waals surface area contributed by atoms with Crippen molar-refractivity contribution in [1.82, 2.24) is 9.55 Å². The van der Waals surface area contributed by atoms with Crippen LogP contribution in [0.15, 0.2) is 46.9 Å². The second kappa shape index (κ2) is 5.92. The minimum absolute atomic E-state index is 0.573. The van der Waals surface area contributed by atoms with Gasteiger partial charge in [0.05, 0.1) is 5.69 Å². The summed E-state index contributed by atoms with van der Waals surface area (Å²) in [5, 5.41) is 11.5. The molecule has 6 nitrogen and oxygen atoms in total. The van der Waals surface area contributed by atoms with E-state index in [-0.39, 0.29) is 0 Å². The third kappa shape index (κ3) is 2.92. The molecule has 0 unspecified atom stereocenters. The number of imidazole rings is 1. The molecule has 6 heteroatoms. The number of nitrogens with zero attached hydrogens (tertiary/aromatic N) is 4. The fraction of sp³-hybridized carbons (Fsp3) is 0.250. The number of aryl methyl sites for hydroxylation is 1. The Morgan fingerprint density at radius 3 is 2.89 bits per heavy atom. The molecule has 0 spiro atoms. The van der Waals surface area contributed by atoms with Crippen LogP contribution in [0, 0.1) is 0 Å². The van der Waals surface area contributed by atoms with Crippen molar-refractivity contribution in [2.75, 3.05) is 18.4 Å². The molecular formula is C12H16N6. The van der Waals surface area contributed by atoms with Crippen molar-refractivity contribution < 1.29 is 0 Å². The van der Waals surface area contributed by atoms with Crippen molar-refractivity contribution in [2.45, 2.75) is 0 Å². The van der Waals surface area contributed by atoms with Gasteiger partial charge in [-0.2, -0.15) is 0 Å². The zero-order valence-electron chi connectivity index (χ0n) is 10.2. The summed E-state index contributed by atoms with van der Waals surface area (Å²) in [6, 6.07) is 7.70. The van der Waals surface area contributed by atoms with E-state index in [0.29, 0.717) is 19.0 Å². The van der Waals surface area contributed by atoms with Gasteiger partial charge in [0, 0.05) is 32.5 Å². The zero-order valence-corrected chi connectivity index (χ0v) is 10.2. The van der Waals surface area contributed by atoms with Crippen LogP contribution >= 0.6 is 0 Å². The Kier molecular flexibility index (Phi) is 4.03. The summed E-state index contributed by atoms with van der Waals surface area (Å²) in [6.45, 7) is 1.28. The first kappa shape index (κ1) is 12.3. The molecule has 0 saturated carbocycles. The minimum atomic E-state index is 0.573. The van der Waals surface area contributed by atoms with Gasteiger partial charge in [-0.3, -0.25) is 0 Å². The smallest absolute Gasteiger partial charge is 0.249 e. The highest BCUT2D eigenvalue weighted by atomic mass is 15.2. The molecule has 0 fully saturated rings. The average Bonchev–Trinajstić information content (AvgIpc) is 2.80. The molecule has 0 aliphatic heterocycles. The molecule has 0 bridgehead atoms. The van der Waals surface area contributed by atoms with Crippen molar-refractivity contribution >= 4 is 17.3 Å². The molecule has 1 aromatic heterocycles. The van der Waals surface area contributed by atoms with Gasteiger partial charge in [0.2, 0.25) is 5.95 Å². The van der Waals surface area contributed by atoms with Gasteiger partial charge >= 0.3 is 0 Å². The Morgan fingerprint density at radius 2 is 2.17 bits per heavy atom. The number of hydrogen-bond donors (Lipinski definition) is 2. The third-order valence-electron chi connectivity index (χ3n) is 2.41. The first-order valence-electron chi connectivity index (χ1n) is 5.73. The summed E-state index contributed by atoms with van der Waals surface area (Å²) in [6.07, 6.45) is 3.51. The van der Waals surface area contributed by atoms with Gasteiger partial charge in [-0.15, -0.1) is 10.2 Å². The van der Waals surface area contributed by atoms with Gasteiger partial charge in [0.25, 0.3) is 0 Å². The summed E-state index contributed by atoms with van der Waals surface area (Å²) in [4.78, 5) is 4.08. The fourth-order valence-electron chi connectivity index (χ4n) is 1.47. The Hall–Kier alpha value is -2.21. The molecule has 2 aromatic rings. The lowest BCUT2D eigenvalue weighted by molar-refractivity contribution is 0.893. The average molecular weight is 244 g/mol. The van der Waals surface area contributed by atoms with Gasteiger partial charge in [-0.05, 0) is 12.1 Å². The molecule has 3 N–H and O–H groups in total. The van der Waals surface area contributed by atoms with E-state index in [4.69, 9.17) is 5.73 Å². The van der Waals surface area contributed by atoms with Gasteiger partial charge in [0.1, 0.15) is 5.69 Å². The van der Waals surface area contributed by atoms with Crippen LogP contribution in [0.1, 0.15) is 0 Å². The lowest BCUT2D eigenvalue weighted by Gasteiger charge is -2.06. The summed E-state index contributed by atoms with van der Waals surface area (Å²) >= 11 is 0. The SMILES string of the molecule is Cn1ccnc1N=Nc1ccccc1NCCN. The quantitative estimate of drug-likeness (QED) is 0.791. The van der Waals surface area contributed by atoms with Crippen molar-refractivity contribution in [3.8, 4) is 0 Å². The number of azo groups is 1. The van der Waals surface area contributed by atoms with E-state index in [1.807, 2.05) is 37.5 Å². The highest BCUT2D eigenvalue weighted by molar-refractivity contribution is 5.64. The highest BCUT2D eigenvalue weighted by Gasteiger charge is 2.00. The van der Waals surface area contributed by atoms with Crippen molar-refractivity contribution in [3.05, 3.63) is 36.7 Å². The first-order valence-corrected chi connectivity index (χ1v) is 5.73. The molecule has 94 valence electrons. The van der Waals surface area contributed by atoms with E-state index in [2.05, 4.69) is 20.5 Å². The summed E-state index contributed by atoms with van der Waals surface area (Å²) in [5.41, 5.74) is 7.16. The lowest BCUT2D eigenvalue weighted by atomic mass is 10.2. The Labute approximate surface area is 106 Å². The van der Waals surface area contributed by atoms with E-state index < -0.39 is 0 Å². The molecule has 18 heavy (non-hydrogen) atoms. The van der Waals surface area contributed by atoms with E-state index in [9.17, 15) is 0 Å². The van der Waals surface area contributed by atoms with E-state index in [1.165, 1.54) is 0 Å². The maximum absolute atomic E-state index is 5.47. The van der Waals surface area contributed by atoms with Crippen LogP contribution in [0.2, 0.25) is 0 Å².